The number of carbonyl (C=O) groups is 1. The second kappa shape index (κ2) is 7.83. The van der Waals surface area contributed by atoms with Gasteiger partial charge in [0.1, 0.15) is 11.1 Å². The van der Waals surface area contributed by atoms with Crippen LogP contribution in [-0.2, 0) is 0 Å². The molecule has 0 radical (unpaired) electrons. The number of anilines is 1. The topological polar surface area (TPSA) is 41.6 Å². The molecule has 0 bridgehead atoms. The third-order valence-electron chi connectivity index (χ3n) is 4.38. The Hall–Kier alpha value is -2.14. The van der Waals surface area contributed by atoms with Crippen LogP contribution in [0, 0.1) is 0 Å². The first-order chi connectivity index (χ1) is 12.1. The standard InChI is InChI=1S/C20H24N2O2S/c1-14(2)15-4-6-16(7-5-15)19-22(12-13-25-19)20(23)21-17-8-10-18(24-3)11-9-17/h4-11,14,19H,12-13H2,1-3H3,(H,21,23). The van der Waals surface area contributed by atoms with Crippen LogP contribution >= 0.6 is 11.8 Å². The molecule has 132 valence electrons. The van der Waals surface area contributed by atoms with Crippen molar-refractivity contribution in [2.75, 3.05) is 24.7 Å². The molecule has 1 unspecified atom stereocenters. The van der Waals surface area contributed by atoms with Gasteiger partial charge in [-0.05, 0) is 41.3 Å². The minimum Gasteiger partial charge on any atom is -0.497 e. The van der Waals surface area contributed by atoms with Gasteiger partial charge in [-0.3, -0.25) is 0 Å². The Labute approximate surface area is 153 Å². The van der Waals surface area contributed by atoms with Crippen molar-refractivity contribution >= 4 is 23.5 Å². The number of hydrogen-bond acceptors (Lipinski definition) is 3. The number of benzene rings is 2. The first-order valence-electron chi connectivity index (χ1n) is 8.51. The fourth-order valence-electron chi connectivity index (χ4n) is 2.87. The van der Waals surface area contributed by atoms with Gasteiger partial charge in [-0.2, -0.15) is 0 Å². The summed E-state index contributed by atoms with van der Waals surface area (Å²) in [5.74, 6) is 2.24. The lowest BCUT2D eigenvalue weighted by molar-refractivity contribution is 0.214. The van der Waals surface area contributed by atoms with Crippen LogP contribution in [0.15, 0.2) is 48.5 Å². The Kier molecular flexibility index (Phi) is 5.53. The number of amides is 2. The maximum Gasteiger partial charge on any atom is 0.323 e. The van der Waals surface area contributed by atoms with Crippen molar-refractivity contribution < 1.29 is 9.53 Å². The molecular weight excluding hydrogens is 332 g/mol. The van der Waals surface area contributed by atoms with Gasteiger partial charge in [0.05, 0.1) is 7.11 Å². The van der Waals surface area contributed by atoms with Crippen LogP contribution in [0.2, 0.25) is 0 Å². The molecular formula is C20H24N2O2S. The van der Waals surface area contributed by atoms with E-state index < -0.39 is 0 Å². The lowest BCUT2D eigenvalue weighted by Crippen LogP contribution is -2.34. The number of hydrogen-bond donors (Lipinski definition) is 1. The molecule has 1 heterocycles. The van der Waals surface area contributed by atoms with Crippen LogP contribution in [0.5, 0.6) is 5.75 Å². The molecule has 1 saturated heterocycles. The molecule has 0 spiro atoms. The fourth-order valence-corrected chi connectivity index (χ4v) is 4.13. The smallest absolute Gasteiger partial charge is 0.323 e. The highest BCUT2D eigenvalue weighted by molar-refractivity contribution is 7.99. The molecule has 1 fully saturated rings. The quantitative estimate of drug-likeness (QED) is 0.829. The number of thioether (sulfide) groups is 1. The number of nitrogens with zero attached hydrogens (tertiary/aromatic N) is 1. The maximum absolute atomic E-state index is 12.7. The van der Waals surface area contributed by atoms with E-state index in [-0.39, 0.29) is 11.4 Å². The molecule has 4 nitrogen and oxygen atoms in total. The molecule has 1 aliphatic heterocycles. The second-order valence-corrected chi connectivity index (χ2v) is 7.58. The van der Waals surface area contributed by atoms with Gasteiger partial charge in [-0.1, -0.05) is 38.1 Å². The summed E-state index contributed by atoms with van der Waals surface area (Å²) in [6.45, 7) is 5.13. The normalized spacial score (nSPS) is 17.0. The molecule has 0 aromatic heterocycles. The third kappa shape index (κ3) is 4.10. The summed E-state index contributed by atoms with van der Waals surface area (Å²) < 4.78 is 5.15. The Morgan fingerprint density at radius 3 is 2.44 bits per heavy atom. The summed E-state index contributed by atoms with van der Waals surface area (Å²) in [6.07, 6.45) is 0. The molecule has 0 saturated carbocycles. The lowest BCUT2D eigenvalue weighted by Gasteiger charge is -2.24. The van der Waals surface area contributed by atoms with Crippen LogP contribution in [0.25, 0.3) is 0 Å². The minimum atomic E-state index is -0.0619. The largest absolute Gasteiger partial charge is 0.497 e. The zero-order chi connectivity index (χ0) is 17.8. The molecule has 3 rings (SSSR count). The van der Waals surface area contributed by atoms with Crippen molar-refractivity contribution in [1.29, 1.82) is 0 Å². The monoisotopic (exact) mass is 356 g/mol. The Morgan fingerprint density at radius 1 is 1.16 bits per heavy atom. The van der Waals surface area contributed by atoms with Gasteiger partial charge in [-0.15, -0.1) is 11.8 Å². The maximum atomic E-state index is 12.7. The number of urea groups is 1. The van der Waals surface area contributed by atoms with Crippen LogP contribution in [0.1, 0.15) is 36.3 Å². The van der Waals surface area contributed by atoms with Crippen molar-refractivity contribution in [3.8, 4) is 5.75 Å². The average Bonchev–Trinajstić information content (AvgIpc) is 3.12. The van der Waals surface area contributed by atoms with E-state index in [1.807, 2.05) is 40.9 Å². The van der Waals surface area contributed by atoms with Crippen LogP contribution in [0.3, 0.4) is 0 Å². The van der Waals surface area contributed by atoms with E-state index >= 15 is 0 Å². The van der Waals surface area contributed by atoms with Gasteiger partial charge in [0, 0.05) is 18.0 Å². The minimum absolute atomic E-state index is 0.0619. The molecule has 2 amide bonds. The summed E-state index contributed by atoms with van der Waals surface area (Å²) in [5.41, 5.74) is 3.27. The molecule has 25 heavy (non-hydrogen) atoms. The van der Waals surface area contributed by atoms with Gasteiger partial charge in [0.2, 0.25) is 0 Å². The highest BCUT2D eigenvalue weighted by Crippen LogP contribution is 2.38. The van der Waals surface area contributed by atoms with Gasteiger partial charge in [0.15, 0.2) is 0 Å². The zero-order valence-electron chi connectivity index (χ0n) is 14.9. The first-order valence-corrected chi connectivity index (χ1v) is 9.56. The van der Waals surface area contributed by atoms with E-state index in [0.717, 1.165) is 23.7 Å². The van der Waals surface area contributed by atoms with E-state index in [2.05, 4.69) is 43.4 Å². The van der Waals surface area contributed by atoms with Crippen molar-refractivity contribution in [2.24, 2.45) is 0 Å². The summed E-state index contributed by atoms with van der Waals surface area (Å²) in [6, 6.07) is 16.0. The number of methoxy groups -OCH3 is 1. The number of ether oxygens (including phenoxy) is 1. The van der Waals surface area contributed by atoms with E-state index in [9.17, 15) is 4.79 Å². The summed E-state index contributed by atoms with van der Waals surface area (Å²) in [7, 11) is 1.63. The van der Waals surface area contributed by atoms with Gasteiger partial charge in [0.25, 0.3) is 0 Å². The summed E-state index contributed by atoms with van der Waals surface area (Å²) >= 11 is 1.81. The zero-order valence-corrected chi connectivity index (χ0v) is 15.7. The van der Waals surface area contributed by atoms with Gasteiger partial charge >= 0.3 is 6.03 Å². The predicted octanol–water partition coefficient (Wildman–Crippen LogP) is 5.10. The Morgan fingerprint density at radius 2 is 1.84 bits per heavy atom. The van der Waals surface area contributed by atoms with E-state index in [1.54, 1.807) is 7.11 Å². The Bertz CT molecular complexity index is 713. The molecule has 1 atom stereocenters. The van der Waals surface area contributed by atoms with Gasteiger partial charge in [-0.25, -0.2) is 4.79 Å². The molecule has 1 N–H and O–H groups in total. The van der Waals surface area contributed by atoms with Crippen molar-refractivity contribution in [2.45, 2.75) is 25.1 Å². The number of nitrogens with one attached hydrogen (secondary N) is 1. The van der Waals surface area contributed by atoms with Crippen molar-refractivity contribution in [1.82, 2.24) is 4.90 Å². The van der Waals surface area contributed by atoms with Crippen LogP contribution in [0.4, 0.5) is 10.5 Å². The van der Waals surface area contributed by atoms with Crippen LogP contribution in [-0.4, -0.2) is 30.3 Å². The highest BCUT2D eigenvalue weighted by Gasteiger charge is 2.30. The highest BCUT2D eigenvalue weighted by atomic mass is 32.2. The lowest BCUT2D eigenvalue weighted by atomic mass is 10.0. The second-order valence-electron chi connectivity index (χ2n) is 6.40. The van der Waals surface area contributed by atoms with E-state index in [4.69, 9.17) is 4.74 Å². The predicted molar refractivity (Wildman–Crippen MR) is 104 cm³/mol. The van der Waals surface area contributed by atoms with Crippen molar-refractivity contribution in [3.63, 3.8) is 0 Å². The van der Waals surface area contributed by atoms with E-state index in [0.29, 0.717) is 5.92 Å². The van der Waals surface area contributed by atoms with E-state index in [1.165, 1.54) is 11.1 Å². The fraction of sp³-hybridized carbons (Fsp3) is 0.350. The number of rotatable bonds is 4. The molecule has 5 heteroatoms. The number of carbonyl (C=O) groups excluding carboxylic acids is 1. The summed E-state index contributed by atoms with van der Waals surface area (Å²) in [4.78, 5) is 14.6. The SMILES string of the molecule is COc1ccc(NC(=O)N2CCSC2c2ccc(C(C)C)cc2)cc1. The Balaban J connectivity index is 1.70. The molecule has 1 aliphatic rings. The van der Waals surface area contributed by atoms with Crippen molar-refractivity contribution in [3.05, 3.63) is 59.7 Å². The molecule has 0 aliphatic carbocycles. The van der Waals surface area contributed by atoms with Crippen LogP contribution < -0.4 is 10.1 Å². The first kappa shape index (κ1) is 17.7. The third-order valence-corrected chi connectivity index (χ3v) is 5.64. The summed E-state index contributed by atoms with van der Waals surface area (Å²) in [5, 5.41) is 3.05. The van der Waals surface area contributed by atoms with Gasteiger partial charge < -0.3 is 15.0 Å². The molecule has 2 aromatic carbocycles. The average molecular weight is 356 g/mol. The molecule has 2 aromatic rings.